The molecule has 1 aromatic carbocycles. The van der Waals surface area contributed by atoms with Gasteiger partial charge in [0.2, 0.25) is 0 Å². The number of nitrogens with zero attached hydrogens (tertiary/aromatic N) is 1. The molecule has 114 valence electrons. The lowest BCUT2D eigenvalue weighted by molar-refractivity contribution is -0.152. The van der Waals surface area contributed by atoms with E-state index in [1.807, 2.05) is 0 Å². The van der Waals surface area contributed by atoms with Crippen molar-refractivity contribution in [3.63, 3.8) is 0 Å². The molecule has 3 atom stereocenters. The topological polar surface area (TPSA) is 44.0 Å². The first-order valence-electron chi connectivity index (χ1n) is 6.96. The summed E-state index contributed by atoms with van der Waals surface area (Å²) in [5.41, 5.74) is -1.38. The molecule has 0 radical (unpaired) electrons. The molecular formula is C17H14ClF2NO. The molecule has 3 unspecified atom stereocenters. The summed E-state index contributed by atoms with van der Waals surface area (Å²) in [6.07, 6.45) is 3.27. The van der Waals surface area contributed by atoms with Crippen LogP contribution in [0.5, 0.6) is 0 Å². The number of rotatable bonds is 2. The average molecular weight is 322 g/mol. The molecule has 1 aromatic rings. The molecule has 0 aromatic heterocycles. The molecule has 2 nitrogen and oxygen atoms in total. The van der Waals surface area contributed by atoms with Crippen molar-refractivity contribution in [2.75, 3.05) is 0 Å². The highest BCUT2D eigenvalue weighted by atomic mass is 35.5. The van der Waals surface area contributed by atoms with Crippen LogP contribution in [0.4, 0.5) is 8.78 Å². The van der Waals surface area contributed by atoms with E-state index in [9.17, 15) is 13.9 Å². The Hall–Kier alpha value is -1.70. The third-order valence-corrected chi connectivity index (χ3v) is 4.73. The SMILES string of the molecule is CC(F)(F)C1(O)C2=CC(Cl)=CC(CC#N)C2c2ccccc21. The molecule has 2 aliphatic carbocycles. The first-order valence-corrected chi connectivity index (χ1v) is 7.34. The summed E-state index contributed by atoms with van der Waals surface area (Å²) in [6, 6.07) is 8.69. The zero-order chi connectivity index (χ0) is 16.1. The van der Waals surface area contributed by atoms with Gasteiger partial charge >= 0.3 is 0 Å². The van der Waals surface area contributed by atoms with Gasteiger partial charge in [0.05, 0.1) is 6.07 Å². The maximum atomic E-state index is 14.3. The van der Waals surface area contributed by atoms with Crippen molar-refractivity contribution < 1.29 is 13.9 Å². The smallest absolute Gasteiger partial charge is 0.281 e. The van der Waals surface area contributed by atoms with Crippen molar-refractivity contribution in [2.45, 2.75) is 30.8 Å². The van der Waals surface area contributed by atoms with E-state index in [-0.39, 0.29) is 28.5 Å². The van der Waals surface area contributed by atoms with Gasteiger partial charge in [-0.3, -0.25) is 0 Å². The van der Waals surface area contributed by atoms with E-state index in [4.69, 9.17) is 16.9 Å². The van der Waals surface area contributed by atoms with Crippen molar-refractivity contribution in [2.24, 2.45) is 5.92 Å². The number of hydrogen-bond acceptors (Lipinski definition) is 2. The molecule has 0 aliphatic heterocycles. The maximum absolute atomic E-state index is 14.3. The zero-order valence-electron chi connectivity index (χ0n) is 11.9. The van der Waals surface area contributed by atoms with E-state index < -0.39 is 17.4 Å². The standard InChI is InChI=1S/C17H14ClF2NO/c1-16(19,20)17(22)13-5-3-2-4-12(13)15-10(6-7-21)8-11(18)9-14(15)17/h2-5,8-10,15,22H,6H2,1H3. The van der Waals surface area contributed by atoms with Crippen molar-refractivity contribution in [1.29, 1.82) is 5.26 Å². The minimum Gasteiger partial charge on any atom is -0.375 e. The second-order valence-electron chi connectivity index (χ2n) is 5.84. The predicted octanol–water partition coefficient (Wildman–Crippen LogP) is 4.22. The van der Waals surface area contributed by atoms with Crippen molar-refractivity contribution in [1.82, 2.24) is 0 Å². The quantitative estimate of drug-likeness (QED) is 0.886. The zero-order valence-corrected chi connectivity index (χ0v) is 12.6. The van der Waals surface area contributed by atoms with Crippen LogP contribution in [-0.4, -0.2) is 11.0 Å². The fourth-order valence-corrected chi connectivity index (χ4v) is 3.85. The van der Waals surface area contributed by atoms with E-state index in [2.05, 4.69) is 6.07 Å². The lowest BCUT2D eigenvalue weighted by atomic mass is 9.76. The Bertz CT molecular complexity index is 729. The summed E-state index contributed by atoms with van der Waals surface area (Å²) in [7, 11) is 0. The minimum atomic E-state index is -3.37. The average Bonchev–Trinajstić information content (AvgIpc) is 2.70. The van der Waals surface area contributed by atoms with E-state index in [0.29, 0.717) is 12.5 Å². The Labute approximate surface area is 132 Å². The largest absolute Gasteiger partial charge is 0.375 e. The highest BCUT2D eigenvalue weighted by molar-refractivity contribution is 6.31. The number of aliphatic hydroxyl groups is 1. The molecule has 0 bridgehead atoms. The van der Waals surface area contributed by atoms with Gasteiger partial charge in [-0.15, -0.1) is 0 Å². The summed E-state index contributed by atoms with van der Waals surface area (Å²) >= 11 is 6.05. The van der Waals surface area contributed by atoms with Crippen LogP contribution in [0.25, 0.3) is 0 Å². The van der Waals surface area contributed by atoms with Crippen LogP contribution in [0.3, 0.4) is 0 Å². The van der Waals surface area contributed by atoms with Crippen LogP contribution >= 0.6 is 11.6 Å². The number of fused-ring (bicyclic) bond motifs is 3. The summed E-state index contributed by atoms with van der Waals surface area (Å²) < 4.78 is 28.6. The van der Waals surface area contributed by atoms with E-state index in [1.54, 1.807) is 24.3 Å². The fraction of sp³-hybridized carbons (Fsp3) is 0.353. The predicted molar refractivity (Wildman–Crippen MR) is 79.4 cm³/mol. The van der Waals surface area contributed by atoms with Gasteiger partial charge in [0.25, 0.3) is 5.92 Å². The van der Waals surface area contributed by atoms with Gasteiger partial charge in [0.15, 0.2) is 5.60 Å². The summed E-state index contributed by atoms with van der Waals surface area (Å²) in [5.74, 6) is -4.14. The van der Waals surface area contributed by atoms with Gasteiger partial charge in [0, 0.05) is 30.2 Å². The minimum absolute atomic E-state index is 0.151. The summed E-state index contributed by atoms with van der Waals surface area (Å²) in [5, 5.41) is 20.2. The molecular weight excluding hydrogens is 308 g/mol. The lowest BCUT2D eigenvalue weighted by Crippen LogP contribution is -2.43. The number of alkyl halides is 2. The van der Waals surface area contributed by atoms with Gasteiger partial charge in [-0.2, -0.15) is 5.26 Å². The van der Waals surface area contributed by atoms with Gasteiger partial charge in [-0.25, -0.2) is 8.78 Å². The van der Waals surface area contributed by atoms with Crippen LogP contribution in [-0.2, 0) is 5.60 Å². The Morgan fingerprint density at radius 1 is 1.41 bits per heavy atom. The molecule has 0 amide bonds. The van der Waals surface area contributed by atoms with Crippen LogP contribution < -0.4 is 0 Å². The first-order chi connectivity index (χ1) is 10.3. The molecule has 0 saturated heterocycles. The van der Waals surface area contributed by atoms with E-state index >= 15 is 0 Å². The molecule has 3 rings (SSSR count). The van der Waals surface area contributed by atoms with Crippen molar-refractivity contribution in [3.05, 3.63) is 58.1 Å². The third kappa shape index (κ3) is 1.93. The molecule has 0 heterocycles. The number of halogens is 3. The van der Waals surface area contributed by atoms with E-state index in [1.165, 1.54) is 12.1 Å². The van der Waals surface area contributed by atoms with E-state index in [0.717, 1.165) is 0 Å². The van der Waals surface area contributed by atoms with Crippen LogP contribution in [0, 0.1) is 17.2 Å². The summed E-state index contributed by atoms with van der Waals surface area (Å²) in [4.78, 5) is 0. The number of benzene rings is 1. The van der Waals surface area contributed by atoms with Crippen LogP contribution in [0.15, 0.2) is 47.0 Å². The molecule has 0 spiro atoms. The number of allylic oxidation sites excluding steroid dienone is 3. The molecule has 2 aliphatic rings. The monoisotopic (exact) mass is 321 g/mol. The molecule has 0 saturated carbocycles. The molecule has 1 N–H and O–H groups in total. The highest BCUT2D eigenvalue weighted by Crippen LogP contribution is 2.59. The second-order valence-corrected chi connectivity index (χ2v) is 6.28. The normalized spacial score (nSPS) is 30.0. The highest BCUT2D eigenvalue weighted by Gasteiger charge is 2.61. The number of hydrogen-bond donors (Lipinski definition) is 1. The Kier molecular flexibility index (Phi) is 3.39. The van der Waals surface area contributed by atoms with Crippen molar-refractivity contribution in [3.8, 4) is 6.07 Å². The van der Waals surface area contributed by atoms with Gasteiger partial charge in [-0.05, 0) is 22.8 Å². The Morgan fingerprint density at radius 3 is 2.73 bits per heavy atom. The number of nitriles is 1. The Morgan fingerprint density at radius 2 is 2.09 bits per heavy atom. The summed E-state index contributed by atoms with van der Waals surface area (Å²) in [6.45, 7) is 0.707. The van der Waals surface area contributed by atoms with Crippen LogP contribution in [0.1, 0.15) is 30.4 Å². The maximum Gasteiger partial charge on any atom is 0.281 e. The van der Waals surface area contributed by atoms with Gasteiger partial charge in [-0.1, -0.05) is 41.9 Å². The first kappa shape index (κ1) is 15.2. The molecule has 0 fully saturated rings. The fourth-order valence-electron chi connectivity index (χ4n) is 3.57. The lowest BCUT2D eigenvalue weighted by Gasteiger charge is -2.35. The van der Waals surface area contributed by atoms with Crippen LogP contribution in [0.2, 0.25) is 0 Å². The van der Waals surface area contributed by atoms with Crippen molar-refractivity contribution >= 4 is 11.6 Å². The molecule has 22 heavy (non-hydrogen) atoms. The second kappa shape index (κ2) is 4.91. The Balaban J connectivity index is 2.28. The molecule has 5 heteroatoms. The van der Waals surface area contributed by atoms with Gasteiger partial charge in [0.1, 0.15) is 0 Å². The van der Waals surface area contributed by atoms with Gasteiger partial charge < -0.3 is 5.11 Å². The third-order valence-electron chi connectivity index (χ3n) is 4.50.